The Bertz CT molecular complexity index is 1200. The molecule has 8 heteroatoms. The molecule has 4 nitrogen and oxygen atoms in total. The van der Waals surface area contributed by atoms with E-state index in [0.29, 0.717) is 28.7 Å². The van der Waals surface area contributed by atoms with Crippen LogP contribution in [0.2, 0.25) is 10.0 Å². The average Bonchev–Trinajstić information content (AvgIpc) is 3.32. The third kappa shape index (κ3) is 6.11. The van der Waals surface area contributed by atoms with E-state index in [1.54, 1.807) is 40.5 Å². The molecule has 4 rings (SSSR count). The van der Waals surface area contributed by atoms with Crippen LogP contribution in [-0.4, -0.2) is 41.2 Å². The van der Waals surface area contributed by atoms with Crippen molar-refractivity contribution in [3.8, 4) is 0 Å². The first-order valence-corrected chi connectivity index (χ1v) is 14.2. The first-order chi connectivity index (χ1) is 16.9. The van der Waals surface area contributed by atoms with Gasteiger partial charge in [-0.15, -0.1) is 11.3 Å². The minimum Gasteiger partial charge on any atom is -0.330 e. The van der Waals surface area contributed by atoms with Crippen LogP contribution in [0.25, 0.3) is 0 Å². The van der Waals surface area contributed by atoms with Gasteiger partial charge in [0, 0.05) is 38.0 Å². The standard InChI is InChI=1S/C27H27BrCl2N2O2S/c1-2-3-4-13-31(27(34)18-5-7-19(28)8-6-18)17-25(33)32-14-11-24-22(12-15-35-24)26(32)21-10-9-20(29)16-23(21)30/h5-10,12,15-16,26H,2-4,11,13-14,17H2,1H3. The number of rotatable bonds is 8. The van der Waals surface area contributed by atoms with Crippen molar-refractivity contribution >= 4 is 62.3 Å². The zero-order chi connectivity index (χ0) is 24.9. The molecule has 1 aliphatic rings. The number of unbranched alkanes of at least 4 members (excludes halogenated alkanes) is 2. The number of hydrogen-bond donors (Lipinski definition) is 0. The molecule has 0 aliphatic carbocycles. The van der Waals surface area contributed by atoms with Crippen LogP contribution in [0.3, 0.4) is 0 Å². The lowest BCUT2D eigenvalue weighted by atomic mass is 9.93. The van der Waals surface area contributed by atoms with Crippen LogP contribution >= 0.6 is 50.5 Å². The van der Waals surface area contributed by atoms with Gasteiger partial charge in [-0.05, 0) is 71.8 Å². The average molecular weight is 594 g/mol. The molecule has 1 aliphatic heterocycles. The molecule has 0 saturated heterocycles. The van der Waals surface area contributed by atoms with Crippen LogP contribution in [0.1, 0.15) is 58.6 Å². The van der Waals surface area contributed by atoms with Crippen LogP contribution in [0, 0.1) is 0 Å². The molecule has 1 atom stereocenters. The van der Waals surface area contributed by atoms with E-state index in [-0.39, 0.29) is 24.4 Å². The van der Waals surface area contributed by atoms with E-state index in [9.17, 15) is 9.59 Å². The topological polar surface area (TPSA) is 40.6 Å². The molecule has 1 unspecified atom stereocenters. The van der Waals surface area contributed by atoms with Gasteiger partial charge in [0.1, 0.15) is 6.54 Å². The van der Waals surface area contributed by atoms with Crippen LogP contribution in [0.15, 0.2) is 58.4 Å². The second-order valence-corrected chi connectivity index (χ2v) is 11.4. The molecule has 0 saturated carbocycles. The molecule has 0 N–H and O–H groups in total. The van der Waals surface area contributed by atoms with E-state index in [4.69, 9.17) is 23.2 Å². The summed E-state index contributed by atoms with van der Waals surface area (Å²) in [6.45, 7) is 3.27. The second-order valence-electron chi connectivity index (χ2n) is 8.65. The summed E-state index contributed by atoms with van der Waals surface area (Å²) in [5, 5.41) is 3.15. The fourth-order valence-corrected chi connectivity index (χ4v) is 6.16. The first-order valence-electron chi connectivity index (χ1n) is 11.7. The number of benzene rings is 2. The minimum absolute atomic E-state index is 0.0276. The zero-order valence-electron chi connectivity index (χ0n) is 19.5. The first kappa shape index (κ1) is 26.2. The number of amides is 2. The van der Waals surface area contributed by atoms with Gasteiger partial charge in [-0.25, -0.2) is 0 Å². The van der Waals surface area contributed by atoms with Gasteiger partial charge in [0.25, 0.3) is 5.91 Å². The summed E-state index contributed by atoms with van der Waals surface area (Å²) >= 11 is 17.9. The van der Waals surface area contributed by atoms with Crippen molar-refractivity contribution in [1.29, 1.82) is 0 Å². The molecule has 0 fully saturated rings. The smallest absolute Gasteiger partial charge is 0.254 e. The molecular weight excluding hydrogens is 567 g/mol. The Balaban J connectivity index is 1.62. The largest absolute Gasteiger partial charge is 0.330 e. The van der Waals surface area contributed by atoms with Gasteiger partial charge in [0.05, 0.1) is 6.04 Å². The Labute approximate surface area is 229 Å². The molecule has 35 heavy (non-hydrogen) atoms. The highest BCUT2D eigenvalue weighted by Crippen LogP contribution is 2.41. The summed E-state index contributed by atoms with van der Waals surface area (Å²) in [5.74, 6) is -0.212. The van der Waals surface area contributed by atoms with Gasteiger partial charge >= 0.3 is 0 Å². The highest BCUT2D eigenvalue weighted by atomic mass is 79.9. The molecule has 0 radical (unpaired) electrons. The summed E-state index contributed by atoms with van der Waals surface area (Å²) in [4.78, 5) is 32.0. The number of halogens is 3. The number of fused-ring (bicyclic) bond motifs is 1. The predicted octanol–water partition coefficient (Wildman–Crippen LogP) is 7.62. The van der Waals surface area contributed by atoms with E-state index >= 15 is 0 Å². The Kier molecular flexibility index (Phi) is 8.92. The molecule has 2 aromatic carbocycles. The lowest BCUT2D eigenvalue weighted by Crippen LogP contribution is -2.47. The van der Waals surface area contributed by atoms with Gasteiger partial charge in [0.2, 0.25) is 5.91 Å². The molecule has 0 spiro atoms. The van der Waals surface area contributed by atoms with Gasteiger partial charge in [-0.3, -0.25) is 9.59 Å². The van der Waals surface area contributed by atoms with E-state index in [2.05, 4.69) is 34.3 Å². The monoisotopic (exact) mass is 592 g/mol. The van der Waals surface area contributed by atoms with Gasteiger partial charge < -0.3 is 9.80 Å². The zero-order valence-corrected chi connectivity index (χ0v) is 23.4. The lowest BCUT2D eigenvalue weighted by molar-refractivity contribution is -0.134. The molecular formula is C27H27BrCl2N2O2S. The Morgan fingerprint density at radius 1 is 1.09 bits per heavy atom. The molecule has 1 aromatic heterocycles. The molecule has 2 heterocycles. The van der Waals surface area contributed by atoms with Crippen molar-refractivity contribution in [2.45, 2.75) is 38.6 Å². The highest BCUT2D eigenvalue weighted by Gasteiger charge is 2.35. The number of carbonyl (C=O) groups is 2. The third-order valence-corrected chi connectivity index (χ3v) is 8.37. The van der Waals surface area contributed by atoms with Crippen molar-refractivity contribution in [2.24, 2.45) is 0 Å². The maximum absolute atomic E-state index is 13.8. The highest BCUT2D eigenvalue weighted by molar-refractivity contribution is 9.10. The maximum Gasteiger partial charge on any atom is 0.254 e. The Hall–Kier alpha value is -1.86. The van der Waals surface area contributed by atoms with E-state index in [1.807, 2.05) is 23.1 Å². The van der Waals surface area contributed by atoms with Crippen molar-refractivity contribution in [3.05, 3.63) is 90.0 Å². The Morgan fingerprint density at radius 2 is 1.86 bits per heavy atom. The number of thiophene rings is 1. The third-order valence-electron chi connectivity index (χ3n) is 6.28. The predicted molar refractivity (Wildman–Crippen MR) is 148 cm³/mol. The van der Waals surface area contributed by atoms with Crippen molar-refractivity contribution in [1.82, 2.24) is 9.80 Å². The fourth-order valence-electron chi connectivity index (χ4n) is 4.48. The fraction of sp³-hybridized carbons (Fsp3) is 0.333. The summed E-state index contributed by atoms with van der Waals surface area (Å²) in [6.07, 6.45) is 3.69. The number of hydrogen-bond acceptors (Lipinski definition) is 3. The van der Waals surface area contributed by atoms with E-state index in [1.165, 1.54) is 4.88 Å². The second kappa shape index (κ2) is 11.9. The van der Waals surface area contributed by atoms with Crippen molar-refractivity contribution < 1.29 is 9.59 Å². The summed E-state index contributed by atoms with van der Waals surface area (Å²) in [7, 11) is 0. The van der Waals surface area contributed by atoms with Crippen molar-refractivity contribution in [3.63, 3.8) is 0 Å². The van der Waals surface area contributed by atoms with Crippen LogP contribution in [-0.2, 0) is 11.2 Å². The SMILES string of the molecule is CCCCCN(CC(=O)N1CCc2sccc2C1c1ccc(Cl)cc1Cl)C(=O)c1ccc(Br)cc1. The van der Waals surface area contributed by atoms with Crippen LogP contribution < -0.4 is 0 Å². The quantitative estimate of drug-likeness (QED) is 0.252. The summed E-state index contributed by atoms with van der Waals surface area (Å²) in [6, 6.07) is 14.5. The van der Waals surface area contributed by atoms with E-state index < -0.39 is 0 Å². The molecule has 184 valence electrons. The van der Waals surface area contributed by atoms with E-state index in [0.717, 1.165) is 41.3 Å². The molecule has 2 amide bonds. The van der Waals surface area contributed by atoms with Gasteiger partial charge in [-0.1, -0.05) is 65.0 Å². The van der Waals surface area contributed by atoms with Gasteiger partial charge in [0.15, 0.2) is 0 Å². The minimum atomic E-state index is -0.303. The number of carbonyl (C=O) groups excluding carboxylic acids is 2. The van der Waals surface area contributed by atoms with Crippen LogP contribution in [0.4, 0.5) is 0 Å². The van der Waals surface area contributed by atoms with Crippen LogP contribution in [0.5, 0.6) is 0 Å². The number of nitrogens with zero attached hydrogens (tertiary/aromatic N) is 2. The maximum atomic E-state index is 13.8. The normalized spacial score (nSPS) is 15.1. The summed E-state index contributed by atoms with van der Waals surface area (Å²) < 4.78 is 0.908. The molecule has 0 bridgehead atoms. The van der Waals surface area contributed by atoms with Crippen molar-refractivity contribution in [2.75, 3.05) is 19.6 Å². The lowest BCUT2D eigenvalue weighted by Gasteiger charge is -2.38. The van der Waals surface area contributed by atoms with Gasteiger partial charge in [-0.2, -0.15) is 0 Å². The molecule has 3 aromatic rings. The summed E-state index contributed by atoms with van der Waals surface area (Å²) in [5.41, 5.74) is 2.52. The Morgan fingerprint density at radius 3 is 2.57 bits per heavy atom.